The molecule has 0 aromatic heterocycles. The minimum Gasteiger partial charge on any atom is -0.497 e. The zero-order valence-electron chi connectivity index (χ0n) is 19.2. The Bertz CT molecular complexity index is 744. The van der Waals surface area contributed by atoms with E-state index in [2.05, 4.69) is 37.9 Å². The quantitative estimate of drug-likeness (QED) is 0.550. The number of ether oxygens (including phenoxy) is 1. The van der Waals surface area contributed by atoms with Crippen LogP contribution in [0.2, 0.25) is 0 Å². The molecule has 3 fully saturated rings. The topological polar surface area (TPSA) is 36.0 Å². The highest BCUT2D eigenvalue weighted by atomic mass is 79.9. The number of rotatable bonds is 6. The van der Waals surface area contributed by atoms with E-state index in [9.17, 15) is 4.79 Å². The molecule has 1 aromatic rings. The van der Waals surface area contributed by atoms with Gasteiger partial charge in [-0.2, -0.15) is 0 Å². The van der Waals surface area contributed by atoms with Gasteiger partial charge in [-0.25, -0.2) is 4.79 Å². The molecule has 2 aliphatic heterocycles. The van der Waals surface area contributed by atoms with Crippen molar-refractivity contribution in [2.24, 2.45) is 5.92 Å². The van der Waals surface area contributed by atoms with Crippen molar-refractivity contribution in [2.45, 2.75) is 69.9 Å². The number of likely N-dealkylation sites (N-methyl/N-ethyl adjacent to an activating group) is 1. The lowest BCUT2D eigenvalue weighted by Gasteiger charge is -2.45. The first-order valence-electron chi connectivity index (χ1n) is 12.1. The summed E-state index contributed by atoms with van der Waals surface area (Å²) in [6, 6.07) is 7.37. The number of methoxy groups -OCH3 is 1. The predicted octanol–water partition coefficient (Wildman–Crippen LogP) is 5.17. The molecule has 1 saturated carbocycles. The molecule has 31 heavy (non-hydrogen) atoms. The predicted molar refractivity (Wildman–Crippen MR) is 129 cm³/mol. The molecule has 0 spiro atoms. The first kappa shape index (κ1) is 22.9. The van der Waals surface area contributed by atoms with Gasteiger partial charge in [0.1, 0.15) is 5.75 Å². The lowest BCUT2D eigenvalue weighted by Crippen LogP contribution is -2.58. The number of carbonyl (C=O) groups excluding carboxylic acids is 1. The molecule has 1 aromatic carbocycles. The van der Waals surface area contributed by atoms with Crippen LogP contribution in [0.15, 0.2) is 22.7 Å². The van der Waals surface area contributed by atoms with Crippen molar-refractivity contribution in [3.8, 4) is 5.75 Å². The number of hydrogen-bond donors (Lipinski definition) is 0. The summed E-state index contributed by atoms with van der Waals surface area (Å²) >= 11 is 3.70. The van der Waals surface area contributed by atoms with Gasteiger partial charge >= 0.3 is 6.03 Å². The maximum Gasteiger partial charge on any atom is 0.320 e. The Morgan fingerprint density at radius 2 is 1.77 bits per heavy atom. The van der Waals surface area contributed by atoms with Crippen molar-refractivity contribution in [3.05, 3.63) is 28.2 Å². The molecule has 2 heterocycles. The van der Waals surface area contributed by atoms with Crippen LogP contribution in [0.5, 0.6) is 5.75 Å². The summed E-state index contributed by atoms with van der Waals surface area (Å²) in [7, 11) is 3.75. The Hall–Kier alpha value is -1.27. The number of carbonyl (C=O) groups is 1. The summed E-state index contributed by atoms with van der Waals surface area (Å²) in [5, 5.41) is 0. The van der Waals surface area contributed by atoms with Gasteiger partial charge in [0, 0.05) is 36.7 Å². The fourth-order valence-corrected chi connectivity index (χ4v) is 6.11. The summed E-state index contributed by atoms with van der Waals surface area (Å²) in [4.78, 5) is 19.8. The average molecular weight is 493 g/mol. The van der Waals surface area contributed by atoms with E-state index in [1.807, 2.05) is 18.0 Å². The maximum atomic E-state index is 13.0. The molecule has 5 nitrogen and oxygen atoms in total. The van der Waals surface area contributed by atoms with Gasteiger partial charge in [-0.1, -0.05) is 35.2 Å². The molecule has 6 heteroatoms. The van der Waals surface area contributed by atoms with Crippen LogP contribution in [0.4, 0.5) is 4.79 Å². The standard InChI is InChI=1S/C25H38BrN3O2/c1-27-22(12-15-29(25(27)30)21-6-4-3-5-7-21)18-28-13-10-19(11-14-28)16-20-17-23(31-2)8-9-24(20)26/h8-9,17,19,21-22H,3-7,10-16,18H2,1-2H3. The van der Waals surface area contributed by atoms with E-state index < -0.39 is 0 Å². The number of piperidine rings is 1. The minimum absolute atomic E-state index is 0.265. The highest BCUT2D eigenvalue weighted by Crippen LogP contribution is 2.30. The Morgan fingerprint density at radius 1 is 1.03 bits per heavy atom. The molecule has 0 N–H and O–H groups in total. The van der Waals surface area contributed by atoms with Crippen LogP contribution >= 0.6 is 15.9 Å². The molecule has 4 rings (SSSR count). The largest absolute Gasteiger partial charge is 0.497 e. The lowest BCUT2D eigenvalue weighted by molar-refractivity contribution is 0.0611. The first-order valence-corrected chi connectivity index (χ1v) is 12.9. The zero-order chi connectivity index (χ0) is 21.8. The van der Waals surface area contributed by atoms with E-state index in [0.29, 0.717) is 18.0 Å². The molecular formula is C25H38BrN3O2. The van der Waals surface area contributed by atoms with Gasteiger partial charge < -0.3 is 19.4 Å². The maximum absolute atomic E-state index is 13.0. The van der Waals surface area contributed by atoms with Crippen LogP contribution < -0.4 is 4.74 Å². The summed E-state index contributed by atoms with van der Waals surface area (Å²) in [5.74, 6) is 1.65. The SMILES string of the molecule is COc1ccc(Br)c(CC2CCN(CC3CCN(C4CCCCC4)C(=O)N3C)CC2)c1. The third kappa shape index (κ3) is 5.57. The highest BCUT2D eigenvalue weighted by Gasteiger charge is 2.36. The number of urea groups is 1. The van der Waals surface area contributed by atoms with Crippen molar-refractivity contribution in [1.29, 1.82) is 0 Å². The highest BCUT2D eigenvalue weighted by molar-refractivity contribution is 9.10. The number of halogens is 1. The summed E-state index contributed by atoms with van der Waals surface area (Å²) in [6.45, 7) is 4.24. The minimum atomic E-state index is 0.265. The third-order valence-electron chi connectivity index (χ3n) is 7.75. The lowest BCUT2D eigenvalue weighted by atomic mass is 9.89. The smallest absolute Gasteiger partial charge is 0.320 e. The first-order chi connectivity index (χ1) is 15.0. The van der Waals surface area contributed by atoms with Crippen molar-refractivity contribution >= 4 is 22.0 Å². The van der Waals surface area contributed by atoms with Gasteiger partial charge in [0.25, 0.3) is 0 Å². The van der Waals surface area contributed by atoms with Crippen molar-refractivity contribution < 1.29 is 9.53 Å². The fraction of sp³-hybridized carbons (Fsp3) is 0.720. The van der Waals surface area contributed by atoms with Crippen molar-refractivity contribution in [2.75, 3.05) is 40.3 Å². The molecule has 172 valence electrons. The zero-order valence-corrected chi connectivity index (χ0v) is 20.8. The average Bonchev–Trinajstić information content (AvgIpc) is 2.80. The Kier molecular flexibility index (Phi) is 7.81. The number of benzene rings is 1. The van der Waals surface area contributed by atoms with Crippen LogP contribution in [-0.2, 0) is 6.42 Å². The van der Waals surface area contributed by atoms with Gasteiger partial charge in [-0.15, -0.1) is 0 Å². The molecule has 1 unspecified atom stereocenters. The monoisotopic (exact) mass is 491 g/mol. The van der Waals surface area contributed by atoms with E-state index in [0.717, 1.165) is 44.8 Å². The van der Waals surface area contributed by atoms with Crippen LogP contribution in [0.25, 0.3) is 0 Å². The molecule has 0 bridgehead atoms. The second-order valence-electron chi connectivity index (χ2n) is 9.73. The van der Waals surface area contributed by atoms with E-state index in [-0.39, 0.29) is 6.03 Å². The fourth-order valence-electron chi connectivity index (χ4n) is 5.70. The second kappa shape index (κ2) is 10.6. The molecule has 1 atom stereocenters. The van der Waals surface area contributed by atoms with Gasteiger partial charge in [0.2, 0.25) is 0 Å². The van der Waals surface area contributed by atoms with E-state index >= 15 is 0 Å². The Labute approximate surface area is 196 Å². The van der Waals surface area contributed by atoms with E-state index in [4.69, 9.17) is 4.74 Å². The van der Waals surface area contributed by atoms with Gasteiger partial charge in [-0.05, 0) is 81.3 Å². The third-order valence-corrected chi connectivity index (χ3v) is 8.53. The van der Waals surface area contributed by atoms with Crippen LogP contribution in [0.1, 0.15) is 56.9 Å². The molecule has 3 aliphatic rings. The van der Waals surface area contributed by atoms with Crippen molar-refractivity contribution in [3.63, 3.8) is 0 Å². The van der Waals surface area contributed by atoms with Crippen molar-refractivity contribution in [1.82, 2.24) is 14.7 Å². The number of likely N-dealkylation sites (tertiary alicyclic amines) is 1. The van der Waals surface area contributed by atoms with Gasteiger partial charge in [0.15, 0.2) is 0 Å². The van der Waals surface area contributed by atoms with Crippen LogP contribution in [-0.4, -0.2) is 73.2 Å². The molecule has 2 amide bonds. The van der Waals surface area contributed by atoms with E-state index in [1.165, 1.54) is 55.0 Å². The molecular weight excluding hydrogens is 454 g/mol. The van der Waals surface area contributed by atoms with Crippen LogP contribution in [0.3, 0.4) is 0 Å². The molecule has 2 saturated heterocycles. The number of hydrogen-bond acceptors (Lipinski definition) is 3. The number of nitrogens with zero attached hydrogens (tertiary/aromatic N) is 3. The normalized spacial score (nSPS) is 24.6. The van der Waals surface area contributed by atoms with Gasteiger partial charge in [-0.3, -0.25) is 0 Å². The van der Waals surface area contributed by atoms with Gasteiger partial charge in [0.05, 0.1) is 7.11 Å². The summed E-state index contributed by atoms with van der Waals surface area (Å²) in [5.41, 5.74) is 1.35. The molecule has 1 aliphatic carbocycles. The molecule has 0 radical (unpaired) electrons. The Morgan fingerprint density at radius 3 is 2.48 bits per heavy atom. The summed E-state index contributed by atoms with van der Waals surface area (Å²) < 4.78 is 6.58. The Balaban J connectivity index is 1.25. The summed E-state index contributed by atoms with van der Waals surface area (Å²) in [6.07, 6.45) is 10.9. The second-order valence-corrected chi connectivity index (χ2v) is 10.6. The van der Waals surface area contributed by atoms with E-state index in [1.54, 1.807) is 7.11 Å². The van der Waals surface area contributed by atoms with Crippen LogP contribution in [0, 0.1) is 5.92 Å². The number of amides is 2.